The van der Waals surface area contributed by atoms with Crippen molar-refractivity contribution >= 4 is 21.8 Å². The van der Waals surface area contributed by atoms with Gasteiger partial charge in [0.15, 0.2) is 0 Å². The fourth-order valence-electron chi connectivity index (χ4n) is 2.00. The molecule has 0 amide bonds. The van der Waals surface area contributed by atoms with Crippen LogP contribution < -0.4 is 4.72 Å². The van der Waals surface area contributed by atoms with Gasteiger partial charge in [0.1, 0.15) is 0 Å². The van der Waals surface area contributed by atoms with Crippen molar-refractivity contribution in [1.29, 1.82) is 0 Å². The molecule has 2 rings (SSSR count). The zero-order chi connectivity index (χ0) is 17.6. The molecule has 126 valence electrons. The molecule has 2 aromatic carbocycles. The van der Waals surface area contributed by atoms with Crippen LogP contribution in [0.25, 0.3) is 6.08 Å². The minimum absolute atomic E-state index is 0.0398. The van der Waals surface area contributed by atoms with Crippen LogP contribution in [0.3, 0.4) is 0 Å². The van der Waals surface area contributed by atoms with Gasteiger partial charge in [-0.15, -0.1) is 0 Å². The van der Waals surface area contributed by atoms with E-state index in [-0.39, 0.29) is 17.1 Å². The lowest BCUT2D eigenvalue weighted by Crippen LogP contribution is -2.24. The van der Waals surface area contributed by atoms with Gasteiger partial charge < -0.3 is 0 Å². The third-order valence-corrected chi connectivity index (χ3v) is 4.83. The van der Waals surface area contributed by atoms with Gasteiger partial charge in [0.2, 0.25) is 10.0 Å². The molecule has 0 bridgehead atoms. The van der Waals surface area contributed by atoms with Gasteiger partial charge in [-0.3, -0.25) is 10.1 Å². The summed E-state index contributed by atoms with van der Waals surface area (Å²) >= 11 is 0. The van der Waals surface area contributed by atoms with E-state index in [1.807, 2.05) is 13.0 Å². The van der Waals surface area contributed by atoms with Gasteiger partial charge in [-0.2, -0.15) is 0 Å². The smallest absolute Gasteiger partial charge is 0.258 e. The van der Waals surface area contributed by atoms with Crippen LogP contribution in [-0.2, 0) is 10.0 Å². The van der Waals surface area contributed by atoms with Gasteiger partial charge in [0.05, 0.1) is 9.82 Å². The molecule has 0 radical (unpaired) electrons. The minimum Gasteiger partial charge on any atom is -0.258 e. The number of rotatable bonds is 7. The highest BCUT2D eigenvalue weighted by Gasteiger charge is 2.11. The van der Waals surface area contributed by atoms with E-state index >= 15 is 0 Å². The number of nitrogens with one attached hydrogen (secondary N) is 1. The molecule has 0 spiro atoms. The number of benzene rings is 2. The number of nitro benzene ring substituents is 1. The van der Waals surface area contributed by atoms with Crippen LogP contribution in [0.5, 0.6) is 0 Å². The average Bonchev–Trinajstić information content (AvgIpc) is 2.55. The normalized spacial score (nSPS) is 11.7. The van der Waals surface area contributed by atoms with Crippen molar-refractivity contribution in [1.82, 2.24) is 4.72 Å². The molecule has 0 saturated heterocycles. The Morgan fingerprint density at radius 2 is 1.71 bits per heavy atom. The maximum atomic E-state index is 12.1. The third-order valence-electron chi connectivity index (χ3n) is 3.35. The number of sulfonamides is 1. The number of hydrogen-bond donors (Lipinski definition) is 1. The zero-order valence-corrected chi connectivity index (χ0v) is 14.0. The summed E-state index contributed by atoms with van der Waals surface area (Å²) in [4.78, 5) is 10.4. The van der Waals surface area contributed by atoms with E-state index in [4.69, 9.17) is 0 Å². The second-order valence-electron chi connectivity index (χ2n) is 5.25. The average molecular weight is 346 g/mol. The summed E-state index contributed by atoms with van der Waals surface area (Å²) in [7, 11) is -3.50. The fourth-order valence-corrected chi connectivity index (χ4v) is 3.05. The third kappa shape index (κ3) is 5.00. The molecule has 0 saturated carbocycles. The minimum atomic E-state index is -3.50. The van der Waals surface area contributed by atoms with Gasteiger partial charge in [-0.05, 0) is 43.2 Å². The van der Waals surface area contributed by atoms with Gasteiger partial charge in [0, 0.05) is 18.7 Å². The van der Waals surface area contributed by atoms with Crippen LogP contribution in [0.15, 0.2) is 59.5 Å². The molecule has 0 fully saturated rings. The van der Waals surface area contributed by atoms with E-state index in [0.717, 1.165) is 11.1 Å². The Labute approximate surface area is 141 Å². The van der Waals surface area contributed by atoms with Crippen molar-refractivity contribution in [2.24, 2.45) is 0 Å². The van der Waals surface area contributed by atoms with Crippen molar-refractivity contribution in [3.63, 3.8) is 0 Å². The molecule has 0 aromatic heterocycles. The topological polar surface area (TPSA) is 89.3 Å². The summed E-state index contributed by atoms with van der Waals surface area (Å²) in [6, 6.07) is 12.8. The lowest BCUT2D eigenvalue weighted by Gasteiger charge is -2.05. The summed E-state index contributed by atoms with van der Waals surface area (Å²) in [6.07, 6.45) is 4.13. The second kappa shape index (κ2) is 7.85. The number of non-ortho nitro benzene ring substituents is 1. The maximum absolute atomic E-state index is 12.1. The van der Waals surface area contributed by atoms with Crippen LogP contribution in [0, 0.1) is 17.0 Å². The highest BCUT2D eigenvalue weighted by atomic mass is 32.2. The molecule has 0 heterocycles. The number of aryl methyl sites for hydroxylation is 1. The first kappa shape index (κ1) is 17.8. The highest BCUT2D eigenvalue weighted by molar-refractivity contribution is 7.89. The van der Waals surface area contributed by atoms with Crippen LogP contribution in [0.1, 0.15) is 17.5 Å². The van der Waals surface area contributed by atoms with Crippen LogP contribution in [0.4, 0.5) is 5.69 Å². The Balaban J connectivity index is 1.85. The van der Waals surface area contributed by atoms with Crippen molar-refractivity contribution in [3.8, 4) is 0 Å². The molecule has 6 nitrogen and oxygen atoms in total. The zero-order valence-electron chi connectivity index (χ0n) is 13.2. The summed E-state index contributed by atoms with van der Waals surface area (Å²) in [5.74, 6) is 0. The number of nitro groups is 1. The largest absolute Gasteiger partial charge is 0.269 e. The van der Waals surface area contributed by atoms with Crippen molar-refractivity contribution in [3.05, 3.63) is 75.8 Å². The molecule has 2 aromatic rings. The lowest BCUT2D eigenvalue weighted by atomic mass is 10.2. The quantitative estimate of drug-likeness (QED) is 0.473. The Bertz CT molecular complexity index is 826. The van der Waals surface area contributed by atoms with Gasteiger partial charge in [0.25, 0.3) is 5.69 Å². The van der Waals surface area contributed by atoms with Gasteiger partial charge >= 0.3 is 0 Å². The molecular weight excluding hydrogens is 328 g/mol. The van der Waals surface area contributed by atoms with Crippen LogP contribution >= 0.6 is 0 Å². The SMILES string of the molecule is Cc1ccc(S(=O)(=O)NCC/C=C/c2ccc([N+](=O)[O-])cc2)cc1. The van der Waals surface area contributed by atoms with E-state index in [1.165, 1.54) is 12.1 Å². The monoisotopic (exact) mass is 346 g/mol. The maximum Gasteiger partial charge on any atom is 0.269 e. The molecule has 0 unspecified atom stereocenters. The Hall–Kier alpha value is -2.51. The standard InChI is InChI=1S/C17H18N2O4S/c1-14-5-11-17(12-6-14)24(22,23)18-13-3-2-4-15-7-9-16(10-8-15)19(20)21/h2,4-12,18H,3,13H2,1H3/b4-2+. The Kier molecular flexibility index (Phi) is 5.83. The molecule has 0 aliphatic heterocycles. The van der Waals surface area contributed by atoms with Crippen molar-refractivity contribution < 1.29 is 13.3 Å². The fraction of sp³-hybridized carbons (Fsp3) is 0.176. The summed E-state index contributed by atoms with van der Waals surface area (Å²) in [5.41, 5.74) is 1.86. The van der Waals surface area contributed by atoms with Crippen LogP contribution in [-0.4, -0.2) is 19.9 Å². The number of hydrogen-bond acceptors (Lipinski definition) is 4. The predicted molar refractivity (Wildman–Crippen MR) is 93.1 cm³/mol. The first-order valence-corrected chi connectivity index (χ1v) is 8.84. The van der Waals surface area contributed by atoms with E-state index in [9.17, 15) is 18.5 Å². The molecule has 24 heavy (non-hydrogen) atoms. The summed E-state index contributed by atoms with van der Waals surface area (Å²) in [5, 5.41) is 10.6. The molecule has 1 N–H and O–H groups in total. The highest BCUT2D eigenvalue weighted by Crippen LogP contribution is 2.13. The van der Waals surface area contributed by atoms with Gasteiger partial charge in [-0.25, -0.2) is 13.1 Å². The molecule has 7 heteroatoms. The Morgan fingerprint density at radius 3 is 2.29 bits per heavy atom. The molecule has 0 atom stereocenters. The van der Waals surface area contributed by atoms with E-state index in [2.05, 4.69) is 4.72 Å². The van der Waals surface area contributed by atoms with Crippen molar-refractivity contribution in [2.45, 2.75) is 18.2 Å². The summed E-state index contributed by atoms with van der Waals surface area (Å²) < 4.78 is 26.7. The van der Waals surface area contributed by atoms with Crippen molar-refractivity contribution in [2.75, 3.05) is 6.54 Å². The predicted octanol–water partition coefficient (Wildman–Crippen LogP) is 3.29. The number of nitrogens with zero attached hydrogens (tertiary/aromatic N) is 1. The van der Waals surface area contributed by atoms with E-state index < -0.39 is 14.9 Å². The second-order valence-corrected chi connectivity index (χ2v) is 7.02. The first-order valence-electron chi connectivity index (χ1n) is 7.36. The first-order chi connectivity index (χ1) is 11.4. The van der Waals surface area contributed by atoms with Crippen LogP contribution in [0.2, 0.25) is 0 Å². The summed E-state index contributed by atoms with van der Waals surface area (Å²) in [6.45, 7) is 2.17. The van der Waals surface area contributed by atoms with Gasteiger partial charge in [-0.1, -0.05) is 29.8 Å². The molecule has 0 aliphatic carbocycles. The molecule has 0 aliphatic rings. The van der Waals surface area contributed by atoms with E-state index in [1.54, 1.807) is 42.5 Å². The molecular formula is C17H18N2O4S. The lowest BCUT2D eigenvalue weighted by molar-refractivity contribution is -0.384. The Morgan fingerprint density at radius 1 is 1.08 bits per heavy atom. The van der Waals surface area contributed by atoms with E-state index in [0.29, 0.717) is 6.42 Å².